The molecule has 7 heteroatoms. The summed E-state index contributed by atoms with van der Waals surface area (Å²) in [5.41, 5.74) is 7.52. The van der Waals surface area contributed by atoms with E-state index in [9.17, 15) is 15.0 Å². The highest BCUT2D eigenvalue weighted by Gasteiger charge is 2.24. The van der Waals surface area contributed by atoms with Gasteiger partial charge in [-0.15, -0.1) is 0 Å². The van der Waals surface area contributed by atoms with Crippen molar-refractivity contribution in [2.24, 2.45) is 0 Å². The maximum atomic E-state index is 12.6. The first-order valence-corrected chi connectivity index (χ1v) is 9.99. The van der Waals surface area contributed by atoms with E-state index in [1.807, 2.05) is 24.3 Å². The third-order valence-electron chi connectivity index (χ3n) is 4.26. The molecule has 0 aliphatic carbocycles. The summed E-state index contributed by atoms with van der Waals surface area (Å²) >= 11 is 0. The molecule has 30 heavy (non-hydrogen) atoms. The Kier molecular flexibility index (Phi) is 8.50. The highest BCUT2D eigenvalue weighted by Crippen LogP contribution is 2.15. The Morgan fingerprint density at radius 1 is 1.13 bits per heavy atom. The Bertz CT molecular complexity index is 802. The van der Waals surface area contributed by atoms with Crippen LogP contribution in [0.3, 0.4) is 0 Å². The van der Waals surface area contributed by atoms with Crippen molar-refractivity contribution in [1.82, 2.24) is 4.90 Å². The minimum atomic E-state index is -0.901. The van der Waals surface area contributed by atoms with Gasteiger partial charge in [0.2, 0.25) is 0 Å². The van der Waals surface area contributed by atoms with E-state index >= 15 is 0 Å². The highest BCUT2D eigenvalue weighted by molar-refractivity contribution is 5.68. The van der Waals surface area contributed by atoms with E-state index in [1.165, 1.54) is 4.90 Å². The molecule has 0 bridgehead atoms. The summed E-state index contributed by atoms with van der Waals surface area (Å²) in [5, 5.41) is 19.7. The normalized spacial score (nSPS) is 12.3. The van der Waals surface area contributed by atoms with Gasteiger partial charge in [-0.1, -0.05) is 24.3 Å². The van der Waals surface area contributed by atoms with Gasteiger partial charge in [0, 0.05) is 12.2 Å². The molecule has 0 aliphatic rings. The van der Waals surface area contributed by atoms with E-state index < -0.39 is 17.8 Å². The summed E-state index contributed by atoms with van der Waals surface area (Å²) in [7, 11) is 0. The molecular formula is C23H32N2O5. The van der Waals surface area contributed by atoms with Gasteiger partial charge in [-0.2, -0.15) is 0 Å². The molecule has 164 valence electrons. The number of nitrogens with two attached hydrogens (primary N) is 1. The number of carbonyl (C=O) groups excluding carboxylic acids is 1. The molecule has 4 N–H and O–H groups in total. The van der Waals surface area contributed by atoms with Gasteiger partial charge in [0.25, 0.3) is 0 Å². The van der Waals surface area contributed by atoms with Crippen molar-refractivity contribution in [3.63, 3.8) is 0 Å². The molecule has 2 aromatic rings. The van der Waals surface area contributed by atoms with Crippen LogP contribution in [-0.4, -0.2) is 52.6 Å². The Morgan fingerprint density at radius 3 is 2.47 bits per heavy atom. The lowest BCUT2D eigenvalue weighted by atomic mass is 10.1. The third kappa shape index (κ3) is 8.31. The van der Waals surface area contributed by atoms with Crippen LogP contribution in [0.2, 0.25) is 0 Å². The van der Waals surface area contributed by atoms with Crippen molar-refractivity contribution in [1.29, 1.82) is 0 Å². The molecule has 0 fully saturated rings. The SMILES string of the molecule is CC(C)(C)OC(=O)N(CCc1ccc(N)cc1)C[C@H](O)COc1cccc(CO)c1. The van der Waals surface area contributed by atoms with Gasteiger partial charge < -0.3 is 30.3 Å². The third-order valence-corrected chi connectivity index (χ3v) is 4.26. The smallest absolute Gasteiger partial charge is 0.410 e. The number of nitrogens with zero attached hydrogens (tertiary/aromatic N) is 1. The van der Waals surface area contributed by atoms with Crippen LogP contribution in [-0.2, 0) is 17.8 Å². The number of rotatable bonds is 9. The molecule has 0 aliphatic heterocycles. The van der Waals surface area contributed by atoms with E-state index in [0.717, 1.165) is 11.1 Å². The van der Waals surface area contributed by atoms with Crippen LogP contribution in [0, 0.1) is 0 Å². The Morgan fingerprint density at radius 2 is 1.83 bits per heavy atom. The number of hydrogen-bond acceptors (Lipinski definition) is 6. The maximum Gasteiger partial charge on any atom is 0.410 e. The van der Waals surface area contributed by atoms with E-state index in [-0.39, 0.29) is 19.8 Å². The van der Waals surface area contributed by atoms with Crippen LogP contribution < -0.4 is 10.5 Å². The van der Waals surface area contributed by atoms with Gasteiger partial charge in [-0.05, 0) is 62.6 Å². The van der Waals surface area contributed by atoms with Crippen LogP contribution >= 0.6 is 0 Å². The van der Waals surface area contributed by atoms with Gasteiger partial charge in [0.15, 0.2) is 0 Å². The number of hydrogen-bond donors (Lipinski definition) is 3. The minimum absolute atomic E-state index is 0.00997. The van der Waals surface area contributed by atoms with Crippen molar-refractivity contribution in [2.75, 3.05) is 25.4 Å². The second-order valence-electron chi connectivity index (χ2n) is 8.19. The number of benzene rings is 2. The first-order chi connectivity index (χ1) is 14.2. The molecule has 0 unspecified atom stereocenters. The van der Waals surface area contributed by atoms with E-state index in [0.29, 0.717) is 24.4 Å². The standard InChI is InChI=1S/C23H32N2O5/c1-23(2,3)30-22(28)25(12-11-17-7-9-19(24)10-8-17)14-20(27)16-29-21-6-4-5-18(13-21)15-26/h4-10,13,20,26-27H,11-12,14-16,24H2,1-3H3/t20-/m0/s1. The molecule has 0 radical (unpaired) electrons. The van der Waals surface area contributed by atoms with Crippen molar-refractivity contribution >= 4 is 11.8 Å². The molecule has 1 amide bonds. The lowest BCUT2D eigenvalue weighted by Crippen LogP contribution is -2.43. The zero-order valence-corrected chi connectivity index (χ0v) is 17.9. The first-order valence-electron chi connectivity index (χ1n) is 9.99. The van der Waals surface area contributed by atoms with Crippen LogP contribution in [0.1, 0.15) is 31.9 Å². The van der Waals surface area contributed by atoms with Crippen molar-refractivity contribution < 1.29 is 24.5 Å². The van der Waals surface area contributed by atoms with Gasteiger partial charge in [-0.3, -0.25) is 0 Å². The zero-order chi connectivity index (χ0) is 22.1. The fourth-order valence-electron chi connectivity index (χ4n) is 2.77. The number of carbonyl (C=O) groups is 1. The van der Waals surface area contributed by atoms with Gasteiger partial charge in [0.05, 0.1) is 13.2 Å². The van der Waals surface area contributed by atoms with Crippen molar-refractivity contribution in [3.8, 4) is 5.75 Å². The topological polar surface area (TPSA) is 105 Å². The lowest BCUT2D eigenvalue weighted by molar-refractivity contribution is 0.00944. The summed E-state index contributed by atoms with van der Waals surface area (Å²) in [6.07, 6.45) is -0.785. The number of aliphatic hydroxyl groups excluding tert-OH is 2. The van der Waals surface area contributed by atoms with Crippen LogP contribution in [0.15, 0.2) is 48.5 Å². The largest absolute Gasteiger partial charge is 0.491 e. The summed E-state index contributed by atoms with van der Waals surface area (Å²) in [6.45, 7) is 5.79. The van der Waals surface area contributed by atoms with Crippen molar-refractivity contribution in [2.45, 2.75) is 45.5 Å². The zero-order valence-electron chi connectivity index (χ0n) is 17.9. The second-order valence-corrected chi connectivity index (χ2v) is 8.19. The second kappa shape index (κ2) is 10.8. The number of nitrogen functional groups attached to an aromatic ring is 1. The number of aliphatic hydroxyl groups is 2. The van der Waals surface area contributed by atoms with Crippen LogP contribution in [0.5, 0.6) is 5.75 Å². The highest BCUT2D eigenvalue weighted by atomic mass is 16.6. The molecule has 0 heterocycles. The van der Waals surface area contributed by atoms with E-state index in [2.05, 4.69) is 0 Å². The molecular weight excluding hydrogens is 384 g/mol. The Hall–Kier alpha value is -2.77. The lowest BCUT2D eigenvalue weighted by Gasteiger charge is -2.29. The molecule has 0 aromatic heterocycles. The predicted molar refractivity (Wildman–Crippen MR) is 116 cm³/mol. The van der Waals surface area contributed by atoms with E-state index in [1.54, 1.807) is 45.0 Å². The van der Waals surface area contributed by atoms with Gasteiger partial charge >= 0.3 is 6.09 Å². The number of anilines is 1. The summed E-state index contributed by atoms with van der Waals surface area (Å²) < 4.78 is 11.1. The molecule has 2 aromatic carbocycles. The molecule has 0 spiro atoms. The average Bonchev–Trinajstić information content (AvgIpc) is 2.69. The summed E-state index contributed by atoms with van der Waals surface area (Å²) in [6, 6.07) is 14.5. The quantitative estimate of drug-likeness (QED) is 0.543. The maximum absolute atomic E-state index is 12.6. The molecule has 0 saturated heterocycles. The average molecular weight is 417 g/mol. The molecule has 0 saturated carbocycles. The predicted octanol–water partition coefficient (Wildman–Crippen LogP) is 2.98. The Balaban J connectivity index is 1.97. The van der Waals surface area contributed by atoms with E-state index in [4.69, 9.17) is 15.2 Å². The fourth-order valence-corrected chi connectivity index (χ4v) is 2.77. The first kappa shape index (κ1) is 23.5. The number of amides is 1. The van der Waals surface area contributed by atoms with Gasteiger partial charge in [-0.25, -0.2) is 4.79 Å². The van der Waals surface area contributed by atoms with Crippen LogP contribution in [0.4, 0.5) is 10.5 Å². The monoisotopic (exact) mass is 416 g/mol. The molecule has 2 rings (SSSR count). The van der Waals surface area contributed by atoms with Crippen LogP contribution in [0.25, 0.3) is 0 Å². The minimum Gasteiger partial charge on any atom is -0.491 e. The molecule has 7 nitrogen and oxygen atoms in total. The fraction of sp³-hybridized carbons (Fsp3) is 0.435. The summed E-state index contributed by atoms with van der Waals surface area (Å²) in [4.78, 5) is 14.1. The number of ether oxygens (including phenoxy) is 2. The summed E-state index contributed by atoms with van der Waals surface area (Å²) in [5.74, 6) is 0.547. The molecule has 1 atom stereocenters. The van der Waals surface area contributed by atoms with Gasteiger partial charge in [0.1, 0.15) is 24.1 Å². The van der Waals surface area contributed by atoms with Crippen molar-refractivity contribution in [3.05, 3.63) is 59.7 Å². The Labute approximate surface area is 178 Å².